The number of hydrogen-bond donors (Lipinski definition) is 0. The van der Waals surface area contributed by atoms with Crippen LogP contribution >= 0.6 is 0 Å². The SMILES string of the molecule is CCCCN(CC)c1nc(C)nc2c1C(C)C=[N+]2c1c(C)cc(C)cc1C. The van der Waals surface area contributed by atoms with Gasteiger partial charge >= 0.3 is 5.82 Å². The molecule has 1 aromatic heterocycles. The van der Waals surface area contributed by atoms with E-state index in [1.807, 2.05) is 6.92 Å². The average Bonchev–Trinajstić information content (AvgIpc) is 2.91. The maximum absolute atomic E-state index is 4.88. The molecule has 0 fully saturated rings. The van der Waals surface area contributed by atoms with Crippen LogP contribution in [0.25, 0.3) is 0 Å². The molecule has 0 radical (unpaired) electrons. The summed E-state index contributed by atoms with van der Waals surface area (Å²) in [5.41, 5.74) is 6.40. The fourth-order valence-electron chi connectivity index (χ4n) is 4.25. The minimum atomic E-state index is 0.298. The van der Waals surface area contributed by atoms with Crippen LogP contribution in [0.5, 0.6) is 0 Å². The van der Waals surface area contributed by atoms with E-state index in [-0.39, 0.29) is 0 Å². The Bertz CT molecular complexity index is 859. The highest BCUT2D eigenvalue weighted by Crippen LogP contribution is 2.40. The van der Waals surface area contributed by atoms with Gasteiger partial charge in [0.1, 0.15) is 11.5 Å². The number of benzene rings is 1. The van der Waals surface area contributed by atoms with Gasteiger partial charge in [0.15, 0.2) is 0 Å². The van der Waals surface area contributed by atoms with Crippen molar-refractivity contribution < 1.29 is 0 Å². The van der Waals surface area contributed by atoms with Gasteiger partial charge in [-0.2, -0.15) is 9.56 Å². The van der Waals surface area contributed by atoms with Crippen LogP contribution in [0.2, 0.25) is 0 Å². The number of rotatable bonds is 6. The normalized spacial score (nSPS) is 15.7. The van der Waals surface area contributed by atoms with E-state index in [9.17, 15) is 0 Å². The highest BCUT2D eigenvalue weighted by molar-refractivity contribution is 5.88. The average molecular weight is 366 g/mol. The number of unbranched alkanes of at least 4 members (excludes halogenated alkanes) is 1. The molecular formula is C23H33N4+. The Labute approximate surface area is 164 Å². The molecule has 1 aromatic carbocycles. The van der Waals surface area contributed by atoms with E-state index in [4.69, 9.17) is 9.97 Å². The van der Waals surface area contributed by atoms with Gasteiger partial charge in [-0.1, -0.05) is 38.0 Å². The molecule has 2 heterocycles. The Kier molecular flexibility index (Phi) is 5.64. The summed E-state index contributed by atoms with van der Waals surface area (Å²) in [6, 6.07) is 4.51. The first kappa shape index (κ1) is 19.5. The first-order valence-electron chi connectivity index (χ1n) is 10.2. The van der Waals surface area contributed by atoms with Gasteiger partial charge in [0.05, 0.1) is 11.8 Å². The Balaban J connectivity index is 2.16. The predicted octanol–water partition coefficient (Wildman–Crippen LogP) is 5.36. The fraction of sp³-hybridized carbons (Fsp3) is 0.522. The van der Waals surface area contributed by atoms with Crippen molar-refractivity contribution in [1.82, 2.24) is 14.5 Å². The molecule has 1 atom stereocenters. The van der Waals surface area contributed by atoms with Crippen LogP contribution in [0, 0.1) is 27.7 Å². The van der Waals surface area contributed by atoms with Crippen molar-refractivity contribution in [3.63, 3.8) is 0 Å². The van der Waals surface area contributed by atoms with Crippen LogP contribution in [0.15, 0.2) is 12.1 Å². The van der Waals surface area contributed by atoms with Crippen molar-refractivity contribution in [3.05, 3.63) is 40.2 Å². The summed E-state index contributed by atoms with van der Waals surface area (Å²) in [4.78, 5) is 12.2. The summed E-state index contributed by atoms with van der Waals surface area (Å²) in [5.74, 6) is 3.30. The van der Waals surface area contributed by atoms with E-state index in [1.54, 1.807) is 0 Å². The third-order valence-electron chi connectivity index (χ3n) is 5.41. The molecule has 3 rings (SSSR count). The van der Waals surface area contributed by atoms with Crippen molar-refractivity contribution in [2.24, 2.45) is 0 Å². The minimum Gasteiger partial charge on any atom is -0.356 e. The standard InChI is InChI=1S/C23H33N4/c1-8-10-11-26(9-2)22-20-18(6)14-27(23(20)25-19(7)24-22)21-16(4)12-15(3)13-17(21)5/h12-14,18H,8-11H2,1-7H3/q+1. The van der Waals surface area contributed by atoms with Gasteiger partial charge in [-0.05, 0) is 50.2 Å². The van der Waals surface area contributed by atoms with Gasteiger partial charge in [0.2, 0.25) is 5.82 Å². The number of aryl methyl sites for hydroxylation is 4. The summed E-state index contributed by atoms with van der Waals surface area (Å²) in [6.07, 6.45) is 4.68. The number of anilines is 1. The summed E-state index contributed by atoms with van der Waals surface area (Å²) in [5, 5.41) is 0. The quantitative estimate of drug-likeness (QED) is 0.646. The molecule has 0 spiro atoms. The Hall–Kier alpha value is -2.23. The second-order valence-electron chi connectivity index (χ2n) is 7.82. The fourth-order valence-corrected chi connectivity index (χ4v) is 4.25. The summed E-state index contributed by atoms with van der Waals surface area (Å²) in [7, 11) is 0. The van der Waals surface area contributed by atoms with Crippen molar-refractivity contribution in [1.29, 1.82) is 0 Å². The molecule has 1 aliphatic rings. The molecule has 2 aromatic rings. The number of fused-ring (bicyclic) bond motifs is 1. The van der Waals surface area contributed by atoms with Crippen molar-refractivity contribution in [3.8, 4) is 0 Å². The van der Waals surface area contributed by atoms with Crippen molar-refractivity contribution in [2.75, 3.05) is 18.0 Å². The minimum absolute atomic E-state index is 0.298. The molecule has 144 valence electrons. The zero-order valence-electron chi connectivity index (χ0n) is 17.9. The molecule has 4 heteroatoms. The molecule has 0 bridgehead atoms. The third kappa shape index (κ3) is 3.62. The van der Waals surface area contributed by atoms with Crippen LogP contribution in [0.1, 0.15) is 67.6 Å². The molecule has 0 saturated carbocycles. The predicted molar refractivity (Wildman–Crippen MR) is 116 cm³/mol. The van der Waals surface area contributed by atoms with E-state index in [2.05, 4.69) is 69.4 Å². The maximum atomic E-state index is 4.88. The molecule has 0 aliphatic carbocycles. The molecular weight excluding hydrogens is 332 g/mol. The van der Waals surface area contributed by atoms with Gasteiger partial charge in [-0.25, -0.2) is 0 Å². The lowest BCUT2D eigenvalue weighted by molar-refractivity contribution is 0.715. The highest BCUT2D eigenvalue weighted by Gasteiger charge is 2.36. The molecule has 0 saturated heterocycles. The monoisotopic (exact) mass is 365 g/mol. The van der Waals surface area contributed by atoms with E-state index < -0.39 is 0 Å². The summed E-state index contributed by atoms with van der Waals surface area (Å²) >= 11 is 0. The van der Waals surface area contributed by atoms with Crippen LogP contribution in [0.3, 0.4) is 0 Å². The maximum Gasteiger partial charge on any atom is 0.337 e. The van der Waals surface area contributed by atoms with E-state index in [0.29, 0.717) is 5.92 Å². The largest absolute Gasteiger partial charge is 0.356 e. The third-order valence-corrected chi connectivity index (χ3v) is 5.41. The highest BCUT2D eigenvalue weighted by atomic mass is 15.2. The molecule has 27 heavy (non-hydrogen) atoms. The second-order valence-corrected chi connectivity index (χ2v) is 7.82. The van der Waals surface area contributed by atoms with Crippen LogP contribution < -0.4 is 9.48 Å². The molecule has 1 unspecified atom stereocenters. The lowest BCUT2D eigenvalue weighted by Gasteiger charge is -2.23. The van der Waals surface area contributed by atoms with Gasteiger partial charge < -0.3 is 4.90 Å². The van der Waals surface area contributed by atoms with Gasteiger partial charge in [-0.15, -0.1) is 0 Å². The van der Waals surface area contributed by atoms with Gasteiger partial charge in [0.25, 0.3) is 0 Å². The van der Waals surface area contributed by atoms with E-state index >= 15 is 0 Å². The Morgan fingerprint density at radius 1 is 1.04 bits per heavy atom. The Morgan fingerprint density at radius 3 is 2.30 bits per heavy atom. The Morgan fingerprint density at radius 2 is 1.70 bits per heavy atom. The summed E-state index contributed by atoms with van der Waals surface area (Å²) < 4.78 is 2.30. The molecule has 0 amide bonds. The molecule has 0 N–H and O–H groups in total. The van der Waals surface area contributed by atoms with Crippen molar-refractivity contribution in [2.45, 2.75) is 67.2 Å². The zero-order chi connectivity index (χ0) is 19.7. The first-order chi connectivity index (χ1) is 12.9. The first-order valence-corrected chi connectivity index (χ1v) is 10.2. The summed E-state index contributed by atoms with van der Waals surface area (Å²) in [6.45, 7) is 17.3. The smallest absolute Gasteiger partial charge is 0.337 e. The molecule has 1 aliphatic heterocycles. The lowest BCUT2D eigenvalue weighted by Crippen LogP contribution is -2.27. The van der Waals surface area contributed by atoms with E-state index in [1.165, 1.54) is 40.8 Å². The van der Waals surface area contributed by atoms with Gasteiger partial charge in [0, 0.05) is 25.9 Å². The van der Waals surface area contributed by atoms with Crippen LogP contribution in [-0.2, 0) is 0 Å². The number of nitrogens with zero attached hydrogens (tertiary/aromatic N) is 4. The van der Waals surface area contributed by atoms with Crippen molar-refractivity contribution >= 4 is 23.5 Å². The van der Waals surface area contributed by atoms with Gasteiger partial charge in [-0.3, -0.25) is 0 Å². The number of aromatic nitrogens is 2. The molecule has 4 nitrogen and oxygen atoms in total. The number of hydrogen-bond acceptors (Lipinski definition) is 3. The zero-order valence-corrected chi connectivity index (χ0v) is 17.9. The second kappa shape index (κ2) is 7.79. The van der Waals surface area contributed by atoms with E-state index in [0.717, 1.165) is 30.5 Å². The van der Waals surface area contributed by atoms with Crippen LogP contribution in [-0.4, -0.2) is 29.3 Å². The topological polar surface area (TPSA) is 32.0 Å². The lowest BCUT2D eigenvalue weighted by atomic mass is 10.0. The van der Waals surface area contributed by atoms with Crippen LogP contribution in [0.4, 0.5) is 17.3 Å².